The van der Waals surface area contributed by atoms with Gasteiger partial charge >= 0.3 is 0 Å². The maximum absolute atomic E-state index is 5.24. The van der Waals surface area contributed by atoms with Crippen LogP contribution in [0.2, 0.25) is 0 Å². The molecule has 0 radical (unpaired) electrons. The van der Waals surface area contributed by atoms with Crippen molar-refractivity contribution in [1.29, 1.82) is 0 Å². The quantitative estimate of drug-likeness (QED) is 0.505. The Hall–Kier alpha value is -2.59. The minimum absolute atomic E-state index is 0.731. The summed E-state index contributed by atoms with van der Waals surface area (Å²) in [7, 11) is 1.67. The Morgan fingerprint density at radius 1 is 0.870 bits per heavy atom. The van der Waals surface area contributed by atoms with Crippen molar-refractivity contribution in [3.05, 3.63) is 89.6 Å². The average molecular weight is 320 g/mol. The SMILES string of the molecule is COc1ccc(/C(=C/Sc2ncccn2)c2ccccc2)cc1. The predicted octanol–water partition coefficient (Wildman–Crippen LogP) is 4.67. The van der Waals surface area contributed by atoms with Crippen LogP contribution in [0.5, 0.6) is 5.75 Å². The molecule has 0 fully saturated rings. The molecule has 0 aliphatic rings. The Morgan fingerprint density at radius 2 is 1.52 bits per heavy atom. The van der Waals surface area contributed by atoms with E-state index in [-0.39, 0.29) is 0 Å². The van der Waals surface area contributed by atoms with Crippen LogP contribution >= 0.6 is 11.8 Å². The van der Waals surface area contributed by atoms with Crippen LogP contribution in [0.3, 0.4) is 0 Å². The van der Waals surface area contributed by atoms with E-state index in [9.17, 15) is 0 Å². The predicted molar refractivity (Wildman–Crippen MR) is 94.4 cm³/mol. The maximum Gasteiger partial charge on any atom is 0.191 e. The molecule has 2 aromatic carbocycles. The van der Waals surface area contributed by atoms with Gasteiger partial charge in [0.15, 0.2) is 5.16 Å². The fourth-order valence-electron chi connectivity index (χ4n) is 2.15. The average Bonchev–Trinajstić information content (AvgIpc) is 2.64. The molecular weight excluding hydrogens is 304 g/mol. The lowest BCUT2D eigenvalue weighted by atomic mass is 10.00. The number of hydrogen-bond acceptors (Lipinski definition) is 4. The molecule has 3 aromatic rings. The van der Waals surface area contributed by atoms with E-state index >= 15 is 0 Å². The third-order valence-corrected chi connectivity index (χ3v) is 4.09. The summed E-state index contributed by atoms with van der Waals surface area (Å²) in [5.74, 6) is 0.847. The lowest BCUT2D eigenvalue weighted by molar-refractivity contribution is 0.415. The third-order valence-electron chi connectivity index (χ3n) is 3.31. The van der Waals surface area contributed by atoms with Crippen molar-refractivity contribution in [3.8, 4) is 5.75 Å². The molecule has 0 aliphatic carbocycles. The van der Waals surface area contributed by atoms with Gasteiger partial charge < -0.3 is 4.74 Å². The van der Waals surface area contributed by atoms with E-state index in [1.165, 1.54) is 11.8 Å². The minimum Gasteiger partial charge on any atom is -0.497 e. The summed E-state index contributed by atoms with van der Waals surface area (Å²) in [6.07, 6.45) is 3.50. The molecule has 3 nitrogen and oxygen atoms in total. The van der Waals surface area contributed by atoms with E-state index < -0.39 is 0 Å². The fraction of sp³-hybridized carbons (Fsp3) is 0.0526. The highest BCUT2D eigenvalue weighted by atomic mass is 32.2. The number of thioether (sulfide) groups is 1. The molecule has 23 heavy (non-hydrogen) atoms. The molecular formula is C19H16N2OS. The van der Waals surface area contributed by atoms with Crippen LogP contribution in [0.15, 0.2) is 83.6 Å². The molecule has 0 saturated carbocycles. The smallest absolute Gasteiger partial charge is 0.191 e. The first-order valence-electron chi connectivity index (χ1n) is 7.20. The topological polar surface area (TPSA) is 35.0 Å². The van der Waals surface area contributed by atoms with Gasteiger partial charge in [-0.15, -0.1) is 0 Å². The summed E-state index contributed by atoms with van der Waals surface area (Å²) >= 11 is 1.51. The summed E-state index contributed by atoms with van der Waals surface area (Å²) in [5.41, 5.74) is 3.41. The first-order valence-corrected chi connectivity index (χ1v) is 8.08. The molecule has 4 heteroatoms. The van der Waals surface area contributed by atoms with Crippen LogP contribution in [0.25, 0.3) is 5.57 Å². The van der Waals surface area contributed by atoms with Crippen molar-refractivity contribution in [2.45, 2.75) is 5.16 Å². The molecule has 0 saturated heterocycles. The van der Waals surface area contributed by atoms with Crippen molar-refractivity contribution in [1.82, 2.24) is 9.97 Å². The van der Waals surface area contributed by atoms with Gasteiger partial charge in [-0.1, -0.05) is 54.2 Å². The van der Waals surface area contributed by atoms with E-state index in [0.717, 1.165) is 27.6 Å². The first kappa shape index (κ1) is 15.3. The molecule has 0 bridgehead atoms. The highest BCUT2D eigenvalue weighted by Gasteiger charge is 2.06. The van der Waals surface area contributed by atoms with E-state index in [4.69, 9.17) is 4.74 Å². The number of hydrogen-bond donors (Lipinski definition) is 0. The zero-order valence-electron chi connectivity index (χ0n) is 12.7. The van der Waals surface area contributed by atoms with Crippen LogP contribution in [0.4, 0.5) is 0 Å². The van der Waals surface area contributed by atoms with Gasteiger partial charge in [0.2, 0.25) is 0 Å². The van der Waals surface area contributed by atoms with Crippen LogP contribution < -0.4 is 4.74 Å². The first-order chi connectivity index (χ1) is 11.4. The van der Waals surface area contributed by atoms with E-state index in [1.54, 1.807) is 19.5 Å². The molecule has 114 valence electrons. The van der Waals surface area contributed by atoms with Gasteiger partial charge in [-0.3, -0.25) is 0 Å². The molecule has 1 aromatic heterocycles. The summed E-state index contributed by atoms with van der Waals surface area (Å²) in [5, 5.41) is 2.82. The van der Waals surface area contributed by atoms with Gasteiger partial charge in [0.05, 0.1) is 7.11 Å². The van der Waals surface area contributed by atoms with Crippen molar-refractivity contribution >= 4 is 17.3 Å². The Bertz CT molecular complexity index is 771. The number of methoxy groups -OCH3 is 1. The second-order valence-corrected chi connectivity index (χ2v) is 5.61. The van der Waals surface area contributed by atoms with Crippen LogP contribution in [0, 0.1) is 0 Å². The molecule has 0 unspecified atom stereocenters. The molecule has 0 aliphatic heterocycles. The van der Waals surface area contributed by atoms with Crippen molar-refractivity contribution in [3.63, 3.8) is 0 Å². The van der Waals surface area contributed by atoms with Gasteiger partial charge in [0.1, 0.15) is 5.75 Å². The Morgan fingerprint density at radius 3 is 2.17 bits per heavy atom. The number of benzene rings is 2. The van der Waals surface area contributed by atoms with Crippen LogP contribution in [-0.2, 0) is 0 Å². The summed E-state index contributed by atoms with van der Waals surface area (Å²) < 4.78 is 5.24. The zero-order chi connectivity index (χ0) is 15.9. The highest BCUT2D eigenvalue weighted by molar-refractivity contribution is 8.02. The van der Waals surface area contributed by atoms with Crippen molar-refractivity contribution in [2.75, 3.05) is 7.11 Å². The molecule has 0 atom stereocenters. The van der Waals surface area contributed by atoms with Gasteiger partial charge in [-0.25, -0.2) is 9.97 Å². The lowest BCUT2D eigenvalue weighted by Crippen LogP contribution is -1.89. The van der Waals surface area contributed by atoms with E-state index in [1.807, 2.05) is 36.4 Å². The molecule has 0 N–H and O–H groups in total. The Balaban J connectivity index is 1.96. The minimum atomic E-state index is 0.731. The van der Waals surface area contributed by atoms with Gasteiger partial charge in [-0.05, 0) is 40.3 Å². The largest absolute Gasteiger partial charge is 0.497 e. The molecule has 3 rings (SSSR count). The normalized spacial score (nSPS) is 11.3. The highest BCUT2D eigenvalue weighted by Crippen LogP contribution is 2.29. The number of rotatable bonds is 5. The standard InChI is InChI=1S/C19H16N2OS/c1-22-17-10-8-16(9-11-17)18(15-6-3-2-4-7-15)14-23-19-20-12-5-13-21-19/h2-14H,1H3/b18-14+. The maximum atomic E-state index is 5.24. The van der Waals surface area contributed by atoms with E-state index in [2.05, 4.69) is 39.6 Å². The Labute approximate surface area is 140 Å². The monoisotopic (exact) mass is 320 g/mol. The summed E-state index contributed by atoms with van der Waals surface area (Å²) in [6, 6.07) is 20.2. The molecule has 0 spiro atoms. The number of nitrogens with zero attached hydrogens (tertiary/aromatic N) is 2. The second-order valence-electron chi connectivity index (χ2n) is 4.78. The second kappa shape index (κ2) is 7.61. The van der Waals surface area contributed by atoms with Gasteiger partial charge in [0.25, 0.3) is 0 Å². The number of aromatic nitrogens is 2. The molecule has 1 heterocycles. The van der Waals surface area contributed by atoms with Gasteiger partial charge in [-0.2, -0.15) is 0 Å². The van der Waals surface area contributed by atoms with E-state index in [0.29, 0.717) is 0 Å². The zero-order valence-corrected chi connectivity index (χ0v) is 13.5. The molecule has 0 amide bonds. The van der Waals surface area contributed by atoms with Crippen molar-refractivity contribution < 1.29 is 4.74 Å². The third kappa shape index (κ3) is 3.99. The van der Waals surface area contributed by atoms with Crippen LogP contribution in [-0.4, -0.2) is 17.1 Å². The fourth-order valence-corrected chi connectivity index (χ4v) is 2.89. The number of ether oxygens (including phenoxy) is 1. The Kier molecular flexibility index (Phi) is 5.06. The van der Waals surface area contributed by atoms with Crippen LogP contribution in [0.1, 0.15) is 11.1 Å². The summed E-state index contributed by atoms with van der Waals surface area (Å²) in [4.78, 5) is 8.51. The van der Waals surface area contributed by atoms with Crippen molar-refractivity contribution in [2.24, 2.45) is 0 Å². The van der Waals surface area contributed by atoms with Gasteiger partial charge in [0, 0.05) is 12.4 Å². The summed E-state index contributed by atoms with van der Waals surface area (Å²) in [6.45, 7) is 0. The lowest BCUT2D eigenvalue weighted by Gasteiger charge is -2.09.